The molecule has 3 rings (SSSR count). The minimum atomic E-state index is -1.59. The molecule has 138 valence electrons. The number of nitrogens with one attached hydrogen (secondary N) is 1. The zero-order chi connectivity index (χ0) is 18.7. The third-order valence-corrected chi connectivity index (χ3v) is 5.04. The zero-order valence-corrected chi connectivity index (χ0v) is 16.0. The van der Waals surface area contributed by atoms with Gasteiger partial charge in [-0.2, -0.15) is 0 Å². The number of aliphatic hydroxyl groups excluding tert-OH is 1. The minimum absolute atomic E-state index is 0.0499. The smallest absolute Gasteiger partial charge is 0.261 e. The van der Waals surface area contributed by atoms with Crippen molar-refractivity contribution in [2.24, 2.45) is 5.92 Å². The summed E-state index contributed by atoms with van der Waals surface area (Å²) < 4.78 is 2.52. The number of halogens is 1. The lowest BCUT2D eigenvalue weighted by Gasteiger charge is -2.26. The van der Waals surface area contributed by atoms with E-state index in [1.165, 1.54) is 0 Å². The van der Waals surface area contributed by atoms with Crippen LogP contribution in [0.15, 0.2) is 41.0 Å². The highest BCUT2D eigenvalue weighted by Crippen LogP contribution is 2.42. The number of rotatable bonds is 7. The fourth-order valence-electron chi connectivity index (χ4n) is 3.06. The molecule has 7 nitrogen and oxygen atoms in total. The van der Waals surface area contributed by atoms with Gasteiger partial charge in [0, 0.05) is 47.4 Å². The van der Waals surface area contributed by atoms with Gasteiger partial charge in [0.25, 0.3) is 5.91 Å². The summed E-state index contributed by atoms with van der Waals surface area (Å²) in [4.78, 5) is 12.4. The van der Waals surface area contributed by atoms with Gasteiger partial charge in [0.1, 0.15) is 0 Å². The van der Waals surface area contributed by atoms with E-state index in [9.17, 15) is 9.90 Å². The Kier molecular flexibility index (Phi) is 5.55. The normalized spacial score (nSPS) is 20.4. The number of aromatic nitrogens is 3. The second-order valence-corrected chi connectivity index (χ2v) is 7.28. The average Bonchev–Trinajstić information content (AvgIpc) is 3.16. The minimum Gasteiger partial charge on any atom is -0.396 e. The van der Waals surface area contributed by atoms with Gasteiger partial charge < -0.3 is 15.5 Å². The number of hydrogen-bond acceptors (Lipinski definition) is 5. The number of benzene rings is 1. The van der Waals surface area contributed by atoms with Crippen LogP contribution in [-0.4, -0.2) is 37.7 Å². The van der Waals surface area contributed by atoms with E-state index in [0.717, 1.165) is 10.2 Å². The number of carbonyl (C=O) groups excluding carboxylic acids is 1. The SMILES string of the molecule is C[C@@H](/C=C/CCn1cc(CCO)nn1)[C@]1(O)C(=O)Nc2ccc(Br)cc21. The van der Waals surface area contributed by atoms with Crippen molar-refractivity contribution in [1.29, 1.82) is 0 Å². The molecule has 0 saturated heterocycles. The maximum absolute atomic E-state index is 12.4. The van der Waals surface area contributed by atoms with Crippen LogP contribution in [0.1, 0.15) is 24.6 Å². The monoisotopic (exact) mass is 420 g/mol. The third kappa shape index (κ3) is 3.58. The Morgan fingerprint density at radius 2 is 2.27 bits per heavy atom. The van der Waals surface area contributed by atoms with Crippen molar-refractivity contribution in [3.63, 3.8) is 0 Å². The molecule has 2 aromatic rings. The molecule has 2 atom stereocenters. The van der Waals surface area contributed by atoms with Crippen molar-refractivity contribution in [2.45, 2.75) is 31.9 Å². The van der Waals surface area contributed by atoms with Gasteiger partial charge in [-0.3, -0.25) is 9.48 Å². The highest BCUT2D eigenvalue weighted by molar-refractivity contribution is 9.10. The van der Waals surface area contributed by atoms with Crippen LogP contribution in [0.5, 0.6) is 0 Å². The van der Waals surface area contributed by atoms with Gasteiger partial charge in [0.05, 0.1) is 5.69 Å². The second-order valence-electron chi connectivity index (χ2n) is 6.36. The Morgan fingerprint density at radius 1 is 1.46 bits per heavy atom. The lowest BCUT2D eigenvalue weighted by atomic mass is 9.83. The maximum atomic E-state index is 12.4. The standard InChI is InChI=1S/C18H21BrN4O3/c1-12(4-2-3-8-23-11-14(7-9-24)21-22-23)18(26)15-10-13(19)5-6-16(15)20-17(18)25/h2,4-6,10-12,24,26H,3,7-9H2,1H3,(H,20,25)/b4-2+/t12-,18+/m0/s1. The Hall–Kier alpha value is -2.03. The molecule has 0 aliphatic carbocycles. The zero-order valence-electron chi connectivity index (χ0n) is 14.4. The number of hydrogen-bond donors (Lipinski definition) is 3. The Labute approximate surface area is 159 Å². The van der Waals surface area contributed by atoms with Crippen LogP contribution >= 0.6 is 15.9 Å². The molecule has 0 unspecified atom stereocenters. The number of allylic oxidation sites excluding steroid dienone is 1. The van der Waals surface area contributed by atoms with Crippen LogP contribution in [0.3, 0.4) is 0 Å². The van der Waals surface area contributed by atoms with Gasteiger partial charge in [-0.05, 0) is 24.6 Å². The summed E-state index contributed by atoms with van der Waals surface area (Å²) >= 11 is 3.39. The number of anilines is 1. The molecule has 0 spiro atoms. The molecule has 1 aliphatic rings. The first kappa shape index (κ1) is 18.8. The number of carbonyl (C=O) groups is 1. The van der Waals surface area contributed by atoms with Crippen molar-refractivity contribution in [1.82, 2.24) is 15.0 Å². The topological polar surface area (TPSA) is 100 Å². The fourth-order valence-corrected chi connectivity index (χ4v) is 3.42. The van der Waals surface area contributed by atoms with E-state index < -0.39 is 17.4 Å². The van der Waals surface area contributed by atoms with Crippen LogP contribution in [0, 0.1) is 5.92 Å². The van der Waals surface area contributed by atoms with E-state index in [0.29, 0.717) is 30.6 Å². The molecule has 2 heterocycles. The lowest BCUT2D eigenvalue weighted by molar-refractivity contribution is -0.137. The summed E-state index contributed by atoms with van der Waals surface area (Å²) in [7, 11) is 0. The van der Waals surface area contributed by atoms with Gasteiger partial charge in [-0.1, -0.05) is 40.2 Å². The largest absolute Gasteiger partial charge is 0.396 e. The first-order valence-corrected chi connectivity index (χ1v) is 9.25. The van der Waals surface area contributed by atoms with Crippen LogP contribution < -0.4 is 5.32 Å². The van der Waals surface area contributed by atoms with E-state index in [1.807, 2.05) is 25.1 Å². The summed E-state index contributed by atoms with van der Waals surface area (Å²) in [5, 5.41) is 30.6. The second kappa shape index (κ2) is 7.69. The lowest BCUT2D eigenvalue weighted by Crippen LogP contribution is -2.39. The van der Waals surface area contributed by atoms with Crippen molar-refractivity contribution >= 4 is 27.5 Å². The van der Waals surface area contributed by atoms with E-state index in [4.69, 9.17) is 5.11 Å². The van der Waals surface area contributed by atoms with Gasteiger partial charge in [0.15, 0.2) is 5.60 Å². The quantitative estimate of drug-likeness (QED) is 0.594. The van der Waals surface area contributed by atoms with Gasteiger partial charge in [-0.25, -0.2) is 0 Å². The first-order chi connectivity index (χ1) is 12.4. The summed E-state index contributed by atoms with van der Waals surface area (Å²) in [5.74, 6) is -0.800. The predicted octanol–water partition coefficient (Wildman–Crippen LogP) is 2.00. The van der Waals surface area contributed by atoms with Gasteiger partial charge in [0.2, 0.25) is 0 Å². The fraction of sp³-hybridized carbons (Fsp3) is 0.389. The van der Waals surface area contributed by atoms with Crippen molar-refractivity contribution in [3.8, 4) is 0 Å². The molecule has 0 fully saturated rings. The van der Waals surface area contributed by atoms with Crippen LogP contribution in [-0.2, 0) is 23.4 Å². The van der Waals surface area contributed by atoms with Crippen LogP contribution in [0.2, 0.25) is 0 Å². The molecule has 1 aromatic heterocycles. The molecule has 0 saturated carbocycles. The van der Waals surface area contributed by atoms with Gasteiger partial charge >= 0.3 is 0 Å². The van der Waals surface area contributed by atoms with E-state index in [1.54, 1.807) is 23.0 Å². The molecule has 1 amide bonds. The Bertz CT molecular complexity index is 836. The summed E-state index contributed by atoms with van der Waals surface area (Å²) in [6.45, 7) is 2.50. The molecule has 3 N–H and O–H groups in total. The van der Waals surface area contributed by atoms with Crippen LogP contribution in [0.4, 0.5) is 5.69 Å². The molecular weight excluding hydrogens is 400 g/mol. The number of aliphatic hydroxyl groups is 2. The number of amides is 1. The Morgan fingerprint density at radius 3 is 3.04 bits per heavy atom. The summed E-state index contributed by atoms with van der Waals surface area (Å²) in [6, 6.07) is 5.38. The highest BCUT2D eigenvalue weighted by atomic mass is 79.9. The summed E-state index contributed by atoms with van der Waals surface area (Å²) in [6.07, 6.45) is 6.76. The van der Waals surface area contributed by atoms with Crippen molar-refractivity contribution < 1.29 is 15.0 Å². The van der Waals surface area contributed by atoms with E-state index >= 15 is 0 Å². The number of nitrogens with zero attached hydrogens (tertiary/aromatic N) is 3. The number of fused-ring (bicyclic) bond motifs is 1. The molecule has 8 heteroatoms. The highest BCUT2D eigenvalue weighted by Gasteiger charge is 2.48. The van der Waals surface area contributed by atoms with Crippen molar-refractivity contribution in [2.75, 3.05) is 11.9 Å². The van der Waals surface area contributed by atoms with Crippen molar-refractivity contribution in [3.05, 3.63) is 52.3 Å². The maximum Gasteiger partial charge on any atom is 0.261 e. The van der Waals surface area contributed by atoms with E-state index in [2.05, 4.69) is 31.6 Å². The first-order valence-electron chi connectivity index (χ1n) is 8.45. The number of aryl methyl sites for hydroxylation is 1. The van der Waals surface area contributed by atoms with Crippen LogP contribution in [0.25, 0.3) is 0 Å². The molecule has 26 heavy (non-hydrogen) atoms. The molecule has 0 bridgehead atoms. The van der Waals surface area contributed by atoms with E-state index in [-0.39, 0.29) is 6.61 Å². The molecule has 0 radical (unpaired) electrons. The Balaban J connectivity index is 1.65. The third-order valence-electron chi connectivity index (χ3n) is 4.55. The molecule has 1 aromatic carbocycles. The summed E-state index contributed by atoms with van der Waals surface area (Å²) in [5.41, 5.74) is 0.389. The molecular formula is C18H21BrN4O3. The average molecular weight is 421 g/mol. The molecule has 1 aliphatic heterocycles. The predicted molar refractivity (Wildman–Crippen MR) is 100 cm³/mol. The van der Waals surface area contributed by atoms with Gasteiger partial charge in [-0.15, -0.1) is 5.10 Å².